The van der Waals surface area contributed by atoms with E-state index in [1.165, 1.54) is 18.2 Å². The van der Waals surface area contributed by atoms with Crippen LogP contribution in [0.1, 0.15) is 31.1 Å². The van der Waals surface area contributed by atoms with E-state index in [0.717, 1.165) is 0 Å². The Labute approximate surface area is 103 Å². The number of halogens is 1. The summed E-state index contributed by atoms with van der Waals surface area (Å²) in [4.78, 5) is 21.7. The van der Waals surface area contributed by atoms with Gasteiger partial charge in [-0.2, -0.15) is 0 Å². The van der Waals surface area contributed by atoms with E-state index in [1.807, 2.05) is 0 Å². The minimum atomic E-state index is -0.676. The molecule has 0 bridgehead atoms. The average molecular weight is 258 g/mol. The molecule has 0 atom stereocenters. The van der Waals surface area contributed by atoms with Crippen LogP contribution in [0.3, 0.4) is 0 Å². The van der Waals surface area contributed by atoms with Crippen molar-refractivity contribution in [1.29, 1.82) is 0 Å². The molecule has 0 unspecified atom stereocenters. The molecule has 1 aromatic carbocycles. The molecule has 0 N–H and O–H groups in total. The molecular formula is C11H12ClNO4. The second kappa shape index (κ2) is 4.71. The first kappa shape index (κ1) is 13.4. The molecule has 0 heterocycles. The van der Waals surface area contributed by atoms with Crippen molar-refractivity contribution in [3.8, 4) is 0 Å². The molecule has 1 aromatic rings. The molecule has 0 amide bonds. The van der Waals surface area contributed by atoms with Crippen LogP contribution in [-0.4, -0.2) is 16.5 Å². The van der Waals surface area contributed by atoms with Crippen molar-refractivity contribution in [3.05, 3.63) is 38.9 Å². The third kappa shape index (κ3) is 3.42. The molecule has 0 aliphatic carbocycles. The Morgan fingerprint density at radius 2 is 2.00 bits per heavy atom. The molecular weight excluding hydrogens is 246 g/mol. The Hall–Kier alpha value is -1.62. The molecule has 0 spiro atoms. The molecule has 0 saturated carbocycles. The summed E-state index contributed by atoms with van der Waals surface area (Å²) >= 11 is 5.78. The summed E-state index contributed by atoms with van der Waals surface area (Å²) in [5.74, 6) is -0.675. The fourth-order valence-electron chi connectivity index (χ4n) is 1.15. The van der Waals surface area contributed by atoms with Gasteiger partial charge in [0.15, 0.2) is 0 Å². The summed E-state index contributed by atoms with van der Waals surface area (Å²) in [7, 11) is 0. The summed E-state index contributed by atoms with van der Waals surface area (Å²) in [6.45, 7) is 5.11. The van der Waals surface area contributed by atoms with Gasteiger partial charge in [0.2, 0.25) is 0 Å². The number of hydrogen-bond donors (Lipinski definition) is 0. The van der Waals surface area contributed by atoms with Crippen LogP contribution >= 0.6 is 11.6 Å². The number of nitro benzene ring substituents is 1. The van der Waals surface area contributed by atoms with Crippen LogP contribution in [0.5, 0.6) is 0 Å². The topological polar surface area (TPSA) is 69.4 Å². The zero-order chi connectivity index (χ0) is 13.2. The third-order valence-electron chi connectivity index (χ3n) is 1.79. The fraction of sp³-hybridized carbons (Fsp3) is 0.364. The first-order chi connectivity index (χ1) is 7.72. The summed E-state index contributed by atoms with van der Waals surface area (Å²) in [6, 6.07) is 4.02. The second-order valence-electron chi connectivity index (χ2n) is 4.40. The maximum atomic E-state index is 11.7. The largest absolute Gasteiger partial charge is 0.456 e. The number of nitrogens with zero attached hydrogens (tertiary/aromatic N) is 1. The molecule has 0 aliphatic rings. The van der Waals surface area contributed by atoms with Crippen molar-refractivity contribution in [1.82, 2.24) is 0 Å². The number of hydrogen-bond acceptors (Lipinski definition) is 4. The van der Waals surface area contributed by atoms with Gasteiger partial charge >= 0.3 is 5.97 Å². The van der Waals surface area contributed by atoms with Crippen molar-refractivity contribution < 1.29 is 14.5 Å². The smallest absolute Gasteiger partial charge is 0.340 e. The Morgan fingerprint density at radius 3 is 2.47 bits per heavy atom. The lowest BCUT2D eigenvalue weighted by Gasteiger charge is -2.19. The lowest BCUT2D eigenvalue weighted by atomic mass is 10.1. The number of carbonyl (C=O) groups excluding carboxylic acids is 1. The van der Waals surface area contributed by atoms with E-state index in [0.29, 0.717) is 0 Å². The van der Waals surface area contributed by atoms with Gasteiger partial charge in [0.1, 0.15) is 10.6 Å². The number of ether oxygens (including phenoxy) is 1. The monoisotopic (exact) mass is 257 g/mol. The molecule has 0 aromatic heterocycles. The molecule has 6 heteroatoms. The predicted molar refractivity (Wildman–Crippen MR) is 63.3 cm³/mol. The quantitative estimate of drug-likeness (QED) is 0.463. The molecule has 92 valence electrons. The Kier molecular flexibility index (Phi) is 3.72. The minimum Gasteiger partial charge on any atom is -0.456 e. The number of benzene rings is 1. The van der Waals surface area contributed by atoms with Gasteiger partial charge < -0.3 is 4.74 Å². The number of esters is 1. The average Bonchev–Trinajstić information content (AvgIpc) is 2.14. The molecule has 0 radical (unpaired) electrons. The summed E-state index contributed by atoms with van der Waals surface area (Å²) in [5.41, 5.74) is -0.990. The number of rotatable bonds is 2. The number of carbonyl (C=O) groups is 1. The summed E-state index contributed by atoms with van der Waals surface area (Å²) in [5, 5.41) is 10.4. The molecule has 5 nitrogen and oxygen atoms in total. The maximum Gasteiger partial charge on any atom is 0.340 e. The van der Waals surface area contributed by atoms with Crippen LogP contribution in [0.15, 0.2) is 18.2 Å². The van der Waals surface area contributed by atoms with Crippen molar-refractivity contribution in [3.63, 3.8) is 0 Å². The lowest BCUT2D eigenvalue weighted by molar-refractivity contribution is -0.384. The van der Waals surface area contributed by atoms with Crippen LogP contribution in [0, 0.1) is 10.1 Å². The number of nitro groups is 1. The van der Waals surface area contributed by atoms with Crippen molar-refractivity contribution in [2.45, 2.75) is 26.4 Å². The summed E-state index contributed by atoms with van der Waals surface area (Å²) in [6.07, 6.45) is 0. The standard InChI is InChI=1S/C11H12ClNO4/c1-11(2,3)17-10(14)7-5-4-6-8(9(7)12)13(15)16/h4-6H,1-3H3. The maximum absolute atomic E-state index is 11.7. The zero-order valence-corrected chi connectivity index (χ0v) is 10.4. The third-order valence-corrected chi connectivity index (χ3v) is 2.19. The molecule has 0 fully saturated rings. The highest BCUT2D eigenvalue weighted by atomic mass is 35.5. The van der Waals surface area contributed by atoms with Crippen LogP contribution < -0.4 is 0 Å². The normalized spacial score (nSPS) is 11.1. The van der Waals surface area contributed by atoms with Crippen molar-refractivity contribution in [2.24, 2.45) is 0 Å². The first-order valence-electron chi connectivity index (χ1n) is 4.88. The lowest BCUT2D eigenvalue weighted by Crippen LogP contribution is -2.24. The molecule has 0 aliphatic heterocycles. The van der Waals surface area contributed by atoms with Crippen molar-refractivity contribution >= 4 is 23.3 Å². The van der Waals surface area contributed by atoms with E-state index in [9.17, 15) is 14.9 Å². The fourth-order valence-corrected chi connectivity index (χ4v) is 1.42. The van der Waals surface area contributed by atoms with Gasteiger partial charge in [-0.15, -0.1) is 0 Å². The predicted octanol–water partition coefficient (Wildman–Crippen LogP) is 3.20. The van der Waals surface area contributed by atoms with Gasteiger partial charge in [-0.3, -0.25) is 10.1 Å². The SMILES string of the molecule is CC(C)(C)OC(=O)c1cccc([N+](=O)[O-])c1Cl. The van der Waals surface area contributed by atoms with E-state index in [-0.39, 0.29) is 16.3 Å². The minimum absolute atomic E-state index is 0.00390. The van der Waals surface area contributed by atoms with Gasteiger partial charge in [-0.1, -0.05) is 17.7 Å². The van der Waals surface area contributed by atoms with Crippen LogP contribution in [0.2, 0.25) is 5.02 Å². The Morgan fingerprint density at radius 1 is 1.41 bits per heavy atom. The Bertz CT molecular complexity index is 465. The summed E-state index contributed by atoms with van der Waals surface area (Å²) < 4.78 is 5.09. The Balaban J connectivity index is 3.11. The van der Waals surface area contributed by atoms with Crippen LogP contribution in [0.4, 0.5) is 5.69 Å². The van der Waals surface area contributed by atoms with E-state index < -0.39 is 16.5 Å². The van der Waals surface area contributed by atoms with E-state index in [2.05, 4.69) is 0 Å². The molecule has 1 rings (SSSR count). The van der Waals surface area contributed by atoms with Gasteiger partial charge in [-0.05, 0) is 26.8 Å². The van der Waals surface area contributed by atoms with Crippen LogP contribution in [0.25, 0.3) is 0 Å². The van der Waals surface area contributed by atoms with Gasteiger partial charge in [0, 0.05) is 6.07 Å². The molecule has 17 heavy (non-hydrogen) atoms. The van der Waals surface area contributed by atoms with Gasteiger partial charge in [-0.25, -0.2) is 4.79 Å². The highest BCUT2D eigenvalue weighted by molar-refractivity contribution is 6.35. The van der Waals surface area contributed by atoms with Gasteiger partial charge in [0.25, 0.3) is 5.69 Å². The van der Waals surface area contributed by atoms with E-state index >= 15 is 0 Å². The van der Waals surface area contributed by atoms with Crippen molar-refractivity contribution in [2.75, 3.05) is 0 Å². The first-order valence-corrected chi connectivity index (χ1v) is 5.26. The highest BCUT2D eigenvalue weighted by Gasteiger charge is 2.24. The highest BCUT2D eigenvalue weighted by Crippen LogP contribution is 2.29. The van der Waals surface area contributed by atoms with Crippen LogP contribution in [-0.2, 0) is 4.74 Å². The molecule has 0 saturated heterocycles. The second-order valence-corrected chi connectivity index (χ2v) is 4.78. The van der Waals surface area contributed by atoms with E-state index in [4.69, 9.17) is 16.3 Å². The zero-order valence-electron chi connectivity index (χ0n) is 9.69. The van der Waals surface area contributed by atoms with E-state index in [1.54, 1.807) is 20.8 Å². The van der Waals surface area contributed by atoms with Gasteiger partial charge in [0.05, 0.1) is 10.5 Å².